The summed E-state index contributed by atoms with van der Waals surface area (Å²) in [5.74, 6) is 1.36. The van der Waals surface area contributed by atoms with Crippen LogP contribution < -0.4 is 11.1 Å². The van der Waals surface area contributed by atoms with Gasteiger partial charge in [-0.1, -0.05) is 12.1 Å². The Morgan fingerprint density at radius 2 is 2.06 bits per heavy atom. The summed E-state index contributed by atoms with van der Waals surface area (Å²) in [5.41, 5.74) is 8.16. The van der Waals surface area contributed by atoms with E-state index in [0.29, 0.717) is 5.95 Å². The Hall–Kier alpha value is -1.55. The van der Waals surface area contributed by atoms with Gasteiger partial charge in [-0.2, -0.15) is 0 Å². The number of imidazole rings is 1. The summed E-state index contributed by atoms with van der Waals surface area (Å²) < 4.78 is 2.16. The zero-order valence-corrected chi connectivity index (χ0v) is 9.89. The minimum absolute atomic E-state index is 0.643. The number of hydrogen-bond acceptors (Lipinski definition) is 3. The lowest BCUT2D eigenvalue weighted by molar-refractivity contribution is 0.338. The van der Waals surface area contributed by atoms with Crippen molar-refractivity contribution in [1.29, 1.82) is 0 Å². The molecule has 1 saturated heterocycles. The van der Waals surface area contributed by atoms with Crippen LogP contribution in [0.15, 0.2) is 24.3 Å². The molecule has 1 aliphatic rings. The fourth-order valence-corrected chi connectivity index (χ4v) is 2.61. The predicted octanol–water partition coefficient (Wildman–Crippen LogP) is 1.62. The van der Waals surface area contributed by atoms with E-state index in [1.165, 1.54) is 12.8 Å². The molecule has 2 aromatic rings. The molecule has 17 heavy (non-hydrogen) atoms. The number of fused-ring (bicyclic) bond motifs is 1. The Kier molecular flexibility index (Phi) is 2.73. The van der Waals surface area contributed by atoms with Crippen molar-refractivity contribution in [3.63, 3.8) is 0 Å². The number of nitrogen functional groups attached to an aromatic ring is 1. The van der Waals surface area contributed by atoms with E-state index in [2.05, 4.69) is 20.9 Å². The van der Waals surface area contributed by atoms with E-state index in [0.717, 1.165) is 36.6 Å². The van der Waals surface area contributed by atoms with E-state index in [-0.39, 0.29) is 0 Å². The van der Waals surface area contributed by atoms with Gasteiger partial charge in [0.1, 0.15) is 0 Å². The number of nitrogens with one attached hydrogen (secondary N) is 1. The van der Waals surface area contributed by atoms with Gasteiger partial charge in [-0.15, -0.1) is 0 Å². The van der Waals surface area contributed by atoms with Crippen LogP contribution in [0.4, 0.5) is 5.95 Å². The molecule has 0 saturated carbocycles. The largest absolute Gasteiger partial charge is 0.369 e. The number of aromatic nitrogens is 2. The SMILES string of the molecule is Nc1nc2ccccc2n1CC1CCNCC1. The molecule has 0 radical (unpaired) electrons. The van der Waals surface area contributed by atoms with Crippen LogP contribution in [0.1, 0.15) is 12.8 Å². The van der Waals surface area contributed by atoms with Gasteiger partial charge in [0.15, 0.2) is 0 Å². The summed E-state index contributed by atoms with van der Waals surface area (Å²) in [5, 5.41) is 3.39. The average Bonchev–Trinajstić information content (AvgIpc) is 2.68. The summed E-state index contributed by atoms with van der Waals surface area (Å²) in [4.78, 5) is 4.40. The lowest BCUT2D eigenvalue weighted by Crippen LogP contribution is -2.30. The first kappa shape index (κ1) is 10.6. The van der Waals surface area contributed by atoms with Crippen LogP contribution in [-0.4, -0.2) is 22.6 Å². The Morgan fingerprint density at radius 3 is 2.88 bits per heavy atom. The monoisotopic (exact) mass is 230 g/mol. The lowest BCUT2D eigenvalue weighted by atomic mass is 9.98. The Morgan fingerprint density at radius 1 is 1.29 bits per heavy atom. The first-order chi connectivity index (χ1) is 8.34. The van der Waals surface area contributed by atoms with Crippen molar-refractivity contribution in [2.75, 3.05) is 18.8 Å². The van der Waals surface area contributed by atoms with Gasteiger partial charge in [-0.25, -0.2) is 4.98 Å². The number of anilines is 1. The van der Waals surface area contributed by atoms with Gasteiger partial charge in [0.2, 0.25) is 5.95 Å². The van der Waals surface area contributed by atoms with Crippen LogP contribution in [0, 0.1) is 5.92 Å². The van der Waals surface area contributed by atoms with Crippen LogP contribution in [0.25, 0.3) is 11.0 Å². The quantitative estimate of drug-likeness (QED) is 0.824. The molecule has 0 atom stereocenters. The van der Waals surface area contributed by atoms with Gasteiger partial charge in [0.05, 0.1) is 11.0 Å². The number of piperidine rings is 1. The molecule has 1 aromatic heterocycles. The van der Waals surface area contributed by atoms with Gasteiger partial charge in [0, 0.05) is 6.54 Å². The van der Waals surface area contributed by atoms with E-state index in [1.54, 1.807) is 0 Å². The molecule has 0 amide bonds. The van der Waals surface area contributed by atoms with Gasteiger partial charge in [0.25, 0.3) is 0 Å². The summed E-state index contributed by atoms with van der Waals surface area (Å²) in [6, 6.07) is 8.16. The van der Waals surface area contributed by atoms with Crippen molar-refractivity contribution in [2.24, 2.45) is 5.92 Å². The summed E-state index contributed by atoms with van der Waals surface area (Å²) >= 11 is 0. The second-order valence-corrected chi connectivity index (χ2v) is 4.76. The van der Waals surface area contributed by atoms with E-state index >= 15 is 0 Å². The molecule has 4 heteroatoms. The highest BCUT2D eigenvalue weighted by Crippen LogP contribution is 2.22. The Bertz CT molecular complexity index is 511. The number of rotatable bonds is 2. The first-order valence-electron chi connectivity index (χ1n) is 6.26. The highest BCUT2D eigenvalue weighted by Gasteiger charge is 2.16. The molecule has 3 rings (SSSR count). The highest BCUT2D eigenvalue weighted by molar-refractivity contribution is 5.78. The van der Waals surface area contributed by atoms with Gasteiger partial charge >= 0.3 is 0 Å². The number of benzene rings is 1. The molecule has 4 nitrogen and oxygen atoms in total. The topological polar surface area (TPSA) is 55.9 Å². The highest BCUT2D eigenvalue weighted by atomic mass is 15.2. The van der Waals surface area contributed by atoms with Gasteiger partial charge in [-0.05, 0) is 44.0 Å². The van der Waals surface area contributed by atoms with Crippen molar-refractivity contribution in [2.45, 2.75) is 19.4 Å². The average molecular weight is 230 g/mol. The fourth-order valence-electron chi connectivity index (χ4n) is 2.61. The van der Waals surface area contributed by atoms with Crippen LogP contribution in [0.2, 0.25) is 0 Å². The van der Waals surface area contributed by atoms with Crippen molar-refractivity contribution < 1.29 is 0 Å². The standard InChI is InChI=1S/C13H18N4/c14-13-16-11-3-1-2-4-12(11)17(13)9-10-5-7-15-8-6-10/h1-4,10,15H,5-9H2,(H2,14,16). The lowest BCUT2D eigenvalue weighted by Gasteiger charge is -2.23. The third-order valence-electron chi connectivity index (χ3n) is 3.58. The number of hydrogen-bond donors (Lipinski definition) is 2. The first-order valence-corrected chi connectivity index (χ1v) is 6.26. The normalized spacial score (nSPS) is 17.6. The zero-order chi connectivity index (χ0) is 11.7. The molecule has 0 spiro atoms. The van der Waals surface area contributed by atoms with E-state index in [4.69, 9.17) is 5.73 Å². The van der Waals surface area contributed by atoms with Crippen molar-refractivity contribution in [1.82, 2.24) is 14.9 Å². The second-order valence-electron chi connectivity index (χ2n) is 4.76. The summed E-state index contributed by atoms with van der Waals surface area (Å²) in [7, 11) is 0. The molecule has 1 fully saturated rings. The Balaban J connectivity index is 1.90. The smallest absolute Gasteiger partial charge is 0.201 e. The minimum Gasteiger partial charge on any atom is -0.369 e. The van der Waals surface area contributed by atoms with Crippen molar-refractivity contribution >= 4 is 17.0 Å². The molecular formula is C13H18N4. The molecule has 0 bridgehead atoms. The molecule has 0 unspecified atom stereocenters. The van der Waals surface area contributed by atoms with Gasteiger partial charge in [-0.3, -0.25) is 0 Å². The molecule has 3 N–H and O–H groups in total. The third-order valence-corrected chi connectivity index (χ3v) is 3.58. The minimum atomic E-state index is 0.643. The van der Waals surface area contributed by atoms with Crippen molar-refractivity contribution in [3.8, 4) is 0 Å². The molecule has 2 heterocycles. The summed E-state index contributed by atoms with van der Waals surface area (Å²) in [6.07, 6.45) is 2.46. The van der Waals surface area contributed by atoms with Crippen LogP contribution in [-0.2, 0) is 6.54 Å². The molecule has 0 aliphatic carbocycles. The number of nitrogens with zero attached hydrogens (tertiary/aromatic N) is 2. The second kappa shape index (κ2) is 4.37. The molecule has 1 aliphatic heterocycles. The van der Waals surface area contributed by atoms with Crippen LogP contribution >= 0.6 is 0 Å². The Labute approximate surface area is 101 Å². The zero-order valence-electron chi connectivity index (χ0n) is 9.89. The van der Waals surface area contributed by atoms with E-state index < -0.39 is 0 Å². The summed E-state index contributed by atoms with van der Waals surface area (Å²) in [6.45, 7) is 3.24. The molecular weight excluding hydrogens is 212 g/mol. The van der Waals surface area contributed by atoms with E-state index in [1.807, 2.05) is 18.2 Å². The maximum atomic E-state index is 6.01. The van der Waals surface area contributed by atoms with Crippen LogP contribution in [0.5, 0.6) is 0 Å². The predicted molar refractivity (Wildman–Crippen MR) is 69.7 cm³/mol. The van der Waals surface area contributed by atoms with E-state index in [9.17, 15) is 0 Å². The molecule has 90 valence electrons. The van der Waals surface area contributed by atoms with Gasteiger partial charge < -0.3 is 15.6 Å². The molecule has 1 aromatic carbocycles. The van der Waals surface area contributed by atoms with Crippen LogP contribution in [0.3, 0.4) is 0 Å². The number of nitrogens with two attached hydrogens (primary N) is 1. The maximum Gasteiger partial charge on any atom is 0.201 e. The maximum absolute atomic E-state index is 6.01. The fraction of sp³-hybridized carbons (Fsp3) is 0.462. The third kappa shape index (κ3) is 2.00. The number of para-hydroxylation sites is 2. The van der Waals surface area contributed by atoms with Crippen molar-refractivity contribution in [3.05, 3.63) is 24.3 Å².